The van der Waals surface area contributed by atoms with Gasteiger partial charge in [0.1, 0.15) is 12.6 Å². The minimum absolute atomic E-state index is 0.0144. The lowest BCUT2D eigenvalue weighted by Gasteiger charge is -2.33. The van der Waals surface area contributed by atoms with Gasteiger partial charge in [0.05, 0.1) is 22.0 Å². The molecule has 2 rings (SSSR count). The number of unbranched alkanes of at least 4 members (excludes halogenated alkanes) is 1. The van der Waals surface area contributed by atoms with Crippen LogP contribution in [0.25, 0.3) is 0 Å². The van der Waals surface area contributed by atoms with Gasteiger partial charge in [-0.2, -0.15) is 0 Å². The lowest BCUT2D eigenvalue weighted by molar-refractivity contribution is -0.140. The summed E-state index contributed by atoms with van der Waals surface area (Å²) in [7, 11) is -3.91. The van der Waals surface area contributed by atoms with Crippen LogP contribution in [0.1, 0.15) is 56.0 Å². The van der Waals surface area contributed by atoms with Crippen LogP contribution in [0.3, 0.4) is 0 Å². The topological polar surface area (TPSA) is 104 Å². The molecule has 2 aromatic rings. The minimum Gasteiger partial charge on any atom is -0.354 e. The molecule has 0 aliphatic rings. The van der Waals surface area contributed by atoms with E-state index in [9.17, 15) is 22.8 Å². The number of sulfonamides is 1. The summed E-state index contributed by atoms with van der Waals surface area (Å²) in [6, 6.07) is 10.1. The molecule has 0 unspecified atom stereocenters. The van der Waals surface area contributed by atoms with E-state index in [0.717, 1.165) is 23.4 Å². The number of hydrogen-bond donors (Lipinski definition) is 1. The Balaban J connectivity index is 2.46. The standard InChI is InChI=1S/C26H33Cl2N3O5S/c1-5-7-13-29-26(34)24(6-2)30(16-19-11-12-22(27)23(28)14-19)25(33)17-31(37(4,35)36)21-10-8-9-20(15-21)18(3)32/h8-12,14-15,24H,5-7,13,16-17H2,1-4H3,(H,29,34)/t24-/m1/s1. The number of anilines is 1. The second-order valence-corrected chi connectivity index (χ2v) is 11.4. The second-order valence-electron chi connectivity index (χ2n) is 8.71. The van der Waals surface area contributed by atoms with Gasteiger partial charge in [-0.3, -0.25) is 18.7 Å². The Hall–Kier alpha value is -2.62. The molecule has 1 atom stereocenters. The van der Waals surface area contributed by atoms with E-state index in [1.807, 2.05) is 6.92 Å². The molecular weight excluding hydrogens is 537 g/mol. The van der Waals surface area contributed by atoms with E-state index in [0.29, 0.717) is 34.1 Å². The van der Waals surface area contributed by atoms with Crippen molar-refractivity contribution in [1.29, 1.82) is 0 Å². The number of nitrogens with zero attached hydrogens (tertiary/aromatic N) is 2. The van der Waals surface area contributed by atoms with Gasteiger partial charge in [-0.15, -0.1) is 0 Å². The molecule has 0 fully saturated rings. The van der Waals surface area contributed by atoms with Gasteiger partial charge in [0, 0.05) is 18.7 Å². The van der Waals surface area contributed by atoms with E-state index in [1.54, 1.807) is 37.3 Å². The highest BCUT2D eigenvalue weighted by Gasteiger charge is 2.31. The highest BCUT2D eigenvalue weighted by atomic mass is 35.5. The van der Waals surface area contributed by atoms with Crippen molar-refractivity contribution in [3.8, 4) is 0 Å². The Morgan fingerprint density at radius 2 is 1.73 bits per heavy atom. The summed E-state index contributed by atoms with van der Waals surface area (Å²) < 4.78 is 26.4. The number of rotatable bonds is 13. The van der Waals surface area contributed by atoms with Crippen molar-refractivity contribution >= 4 is 56.5 Å². The van der Waals surface area contributed by atoms with Crippen LogP contribution < -0.4 is 9.62 Å². The smallest absolute Gasteiger partial charge is 0.244 e. The highest BCUT2D eigenvalue weighted by molar-refractivity contribution is 7.92. The number of benzene rings is 2. The molecular formula is C26H33Cl2N3O5S. The number of carbonyl (C=O) groups excluding carboxylic acids is 3. The van der Waals surface area contributed by atoms with Crippen molar-refractivity contribution in [2.45, 2.75) is 52.6 Å². The maximum Gasteiger partial charge on any atom is 0.244 e. The lowest BCUT2D eigenvalue weighted by Crippen LogP contribution is -2.52. The molecule has 202 valence electrons. The zero-order valence-corrected chi connectivity index (χ0v) is 23.8. The second kappa shape index (κ2) is 13.8. The summed E-state index contributed by atoms with van der Waals surface area (Å²) in [6.45, 7) is 5.08. The maximum absolute atomic E-state index is 13.7. The van der Waals surface area contributed by atoms with Gasteiger partial charge in [0.25, 0.3) is 0 Å². The molecule has 0 saturated heterocycles. The first-order valence-electron chi connectivity index (χ1n) is 12.0. The fourth-order valence-corrected chi connectivity index (χ4v) is 4.92. The number of amides is 2. The molecule has 0 heterocycles. The van der Waals surface area contributed by atoms with Crippen LogP contribution in [0.15, 0.2) is 42.5 Å². The predicted molar refractivity (Wildman–Crippen MR) is 148 cm³/mol. The number of hydrogen-bond acceptors (Lipinski definition) is 5. The van der Waals surface area contributed by atoms with Crippen LogP contribution in [0, 0.1) is 0 Å². The van der Waals surface area contributed by atoms with Crippen molar-refractivity contribution in [3.63, 3.8) is 0 Å². The normalized spacial score (nSPS) is 12.1. The fourth-order valence-electron chi connectivity index (χ4n) is 3.75. The van der Waals surface area contributed by atoms with Crippen LogP contribution in [0.2, 0.25) is 10.0 Å². The van der Waals surface area contributed by atoms with Gasteiger partial charge in [-0.1, -0.05) is 61.7 Å². The number of carbonyl (C=O) groups is 3. The van der Waals surface area contributed by atoms with Crippen LogP contribution in [-0.4, -0.2) is 56.3 Å². The summed E-state index contributed by atoms with van der Waals surface area (Å²) in [4.78, 5) is 40.0. The Labute approximate surface area is 229 Å². The van der Waals surface area contributed by atoms with Crippen LogP contribution in [-0.2, 0) is 26.2 Å². The van der Waals surface area contributed by atoms with E-state index in [2.05, 4.69) is 5.32 Å². The van der Waals surface area contributed by atoms with Crippen LogP contribution in [0.5, 0.6) is 0 Å². The molecule has 0 spiro atoms. The monoisotopic (exact) mass is 569 g/mol. The summed E-state index contributed by atoms with van der Waals surface area (Å²) in [6.07, 6.45) is 2.98. The fraction of sp³-hybridized carbons (Fsp3) is 0.423. The zero-order valence-electron chi connectivity index (χ0n) is 21.5. The largest absolute Gasteiger partial charge is 0.354 e. The van der Waals surface area contributed by atoms with E-state index >= 15 is 0 Å². The maximum atomic E-state index is 13.7. The minimum atomic E-state index is -3.91. The summed E-state index contributed by atoms with van der Waals surface area (Å²) in [5.41, 5.74) is 1.12. The summed E-state index contributed by atoms with van der Waals surface area (Å²) in [5, 5.41) is 3.51. The number of nitrogens with one attached hydrogen (secondary N) is 1. The molecule has 11 heteroatoms. The molecule has 0 aliphatic heterocycles. The van der Waals surface area contributed by atoms with E-state index in [1.165, 1.54) is 24.0 Å². The first-order valence-corrected chi connectivity index (χ1v) is 14.6. The Morgan fingerprint density at radius 3 is 2.30 bits per heavy atom. The third kappa shape index (κ3) is 8.72. The number of Topliss-reactive ketones (excluding diaryl/α,β-unsaturated/α-hetero) is 1. The van der Waals surface area contributed by atoms with Crippen molar-refractivity contribution in [2.24, 2.45) is 0 Å². The van der Waals surface area contributed by atoms with Gasteiger partial charge in [0.2, 0.25) is 21.8 Å². The molecule has 0 aliphatic carbocycles. The van der Waals surface area contributed by atoms with Crippen molar-refractivity contribution < 1.29 is 22.8 Å². The van der Waals surface area contributed by atoms with Gasteiger partial charge in [-0.25, -0.2) is 8.42 Å². The first kappa shape index (κ1) is 30.6. The van der Waals surface area contributed by atoms with Crippen molar-refractivity contribution in [2.75, 3.05) is 23.7 Å². The first-order chi connectivity index (χ1) is 17.4. The van der Waals surface area contributed by atoms with E-state index in [4.69, 9.17) is 23.2 Å². The molecule has 2 aromatic carbocycles. The Kier molecular flexibility index (Phi) is 11.4. The summed E-state index contributed by atoms with van der Waals surface area (Å²) >= 11 is 12.2. The van der Waals surface area contributed by atoms with Crippen molar-refractivity contribution in [1.82, 2.24) is 10.2 Å². The average Bonchev–Trinajstić information content (AvgIpc) is 2.84. The quantitative estimate of drug-likeness (QED) is 0.278. The molecule has 8 nitrogen and oxygen atoms in total. The molecule has 0 radical (unpaired) electrons. The lowest BCUT2D eigenvalue weighted by atomic mass is 10.1. The van der Waals surface area contributed by atoms with Crippen LogP contribution >= 0.6 is 23.2 Å². The van der Waals surface area contributed by atoms with Gasteiger partial charge in [-0.05, 0) is 49.6 Å². The Bertz CT molecular complexity index is 1240. The number of ketones is 1. The van der Waals surface area contributed by atoms with E-state index in [-0.39, 0.29) is 23.9 Å². The van der Waals surface area contributed by atoms with Gasteiger partial charge in [0.15, 0.2) is 5.78 Å². The average molecular weight is 571 g/mol. The SMILES string of the molecule is CCCCNC(=O)[C@@H](CC)N(Cc1ccc(Cl)c(Cl)c1)C(=O)CN(c1cccc(C(C)=O)c1)S(C)(=O)=O. The van der Waals surface area contributed by atoms with Gasteiger partial charge < -0.3 is 10.2 Å². The third-order valence-corrected chi connectivity index (χ3v) is 7.65. The predicted octanol–water partition coefficient (Wildman–Crippen LogP) is 4.69. The third-order valence-electron chi connectivity index (χ3n) is 5.77. The molecule has 0 aromatic heterocycles. The molecule has 0 saturated carbocycles. The van der Waals surface area contributed by atoms with E-state index < -0.39 is 28.5 Å². The highest BCUT2D eigenvalue weighted by Crippen LogP contribution is 2.25. The zero-order chi connectivity index (χ0) is 27.8. The molecule has 37 heavy (non-hydrogen) atoms. The van der Waals surface area contributed by atoms with Crippen LogP contribution in [0.4, 0.5) is 5.69 Å². The van der Waals surface area contributed by atoms with Gasteiger partial charge >= 0.3 is 0 Å². The number of halogens is 2. The van der Waals surface area contributed by atoms with Crippen molar-refractivity contribution in [3.05, 3.63) is 63.6 Å². The molecule has 1 N–H and O–H groups in total. The Morgan fingerprint density at radius 1 is 1.03 bits per heavy atom. The molecule has 2 amide bonds. The molecule has 0 bridgehead atoms. The summed E-state index contributed by atoms with van der Waals surface area (Å²) in [5.74, 6) is -1.14.